The first kappa shape index (κ1) is 16.7. The molecule has 1 spiro atoms. The Morgan fingerprint density at radius 1 is 1.14 bits per heavy atom. The molecule has 3 atom stereocenters. The van der Waals surface area contributed by atoms with Crippen LogP contribution in [0.4, 0.5) is 5.82 Å². The van der Waals surface area contributed by atoms with Crippen molar-refractivity contribution in [3.8, 4) is 6.07 Å². The van der Waals surface area contributed by atoms with Crippen molar-refractivity contribution in [3.05, 3.63) is 66.1 Å². The van der Waals surface area contributed by atoms with Crippen molar-refractivity contribution >= 4 is 22.5 Å². The third-order valence-electron chi connectivity index (χ3n) is 7.09. The first-order chi connectivity index (χ1) is 14.1. The van der Waals surface area contributed by atoms with Gasteiger partial charge in [-0.1, -0.05) is 18.2 Å². The largest absolute Gasteiger partial charge is 0.310 e. The van der Waals surface area contributed by atoms with Crippen molar-refractivity contribution < 1.29 is 4.79 Å². The number of rotatable bonds is 4. The van der Waals surface area contributed by atoms with Crippen LogP contribution in [0.2, 0.25) is 0 Å². The van der Waals surface area contributed by atoms with Gasteiger partial charge in [0.25, 0.3) is 0 Å². The standard InChI is InChI=1S/C24H20N4O/c25-14-24(13-23(24)6-7-23)17-5-4-15-12-27-21(10-16(15)9-17)28-22(29)19-11-18(19)20-3-1-2-8-26-20/h1-5,8-10,12,18-19H,6-7,11,13H2,(H,27,28,29)/t18?,19?,24-/m1/s1. The number of nitriles is 1. The Bertz CT molecular complexity index is 1190. The van der Waals surface area contributed by atoms with E-state index in [9.17, 15) is 10.1 Å². The second-order valence-electron chi connectivity index (χ2n) is 8.80. The van der Waals surface area contributed by atoms with Crippen molar-refractivity contribution in [2.45, 2.75) is 37.0 Å². The molecule has 1 aromatic carbocycles. The molecule has 3 aromatic rings. The zero-order chi connectivity index (χ0) is 19.6. The lowest BCUT2D eigenvalue weighted by Crippen LogP contribution is -2.15. The number of hydrogen-bond donors (Lipinski definition) is 1. The summed E-state index contributed by atoms with van der Waals surface area (Å²) >= 11 is 0. The predicted molar refractivity (Wildman–Crippen MR) is 109 cm³/mol. The Balaban J connectivity index is 1.23. The van der Waals surface area contributed by atoms with Crippen LogP contribution in [0.15, 0.2) is 54.9 Å². The highest BCUT2D eigenvalue weighted by molar-refractivity contribution is 5.96. The number of pyridine rings is 2. The minimum absolute atomic E-state index is 0.00345. The SMILES string of the molecule is N#C[C@@]1(c2ccc3cnc(NC(=O)C4CC4c4ccccn4)cc3c2)CC12CC2. The summed E-state index contributed by atoms with van der Waals surface area (Å²) < 4.78 is 0. The molecule has 5 nitrogen and oxygen atoms in total. The van der Waals surface area contributed by atoms with Gasteiger partial charge in [0.1, 0.15) is 5.82 Å². The fraction of sp³-hybridized carbons (Fsp3) is 0.333. The fourth-order valence-corrected chi connectivity index (χ4v) is 4.95. The molecule has 1 N–H and O–H groups in total. The molecule has 142 valence electrons. The highest BCUT2D eigenvalue weighted by Gasteiger charge is 2.75. The van der Waals surface area contributed by atoms with E-state index in [2.05, 4.69) is 33.5 Å². The molecule has 6 rings (SSSR count). The number of aromatic nitrogens is 2. The van der Waals surface area contributed by atoms with E-state index in [0.29, 0.717) is 5.82 Å². The maximum atomic E-state index is 12.6. The van der Waals surface area contributed by atoms with Crippen LogP contribution >= 0.6 is 0 Å². The van der Waals surface area contributed by atoms with E-state index in [1.807, 2.05) is 30.3 Å². The molecule has 2 unspecified atom stereocenters. The molecule has 0 saturated heterocycles. The van der Waals surface area contributed by atoms with E-state index in [1.165, 1.54) is 0 Å². The number of amides is 1. The van der Waals surface area contributed by atoms with Gasteiger partial charge in [0.05, 0.1) is 11.5 Å². The van der Waals surface area contributed by atoms with Crippen LogP contribution in [0, 0.1) is 22.7 Å². The van der Waals surface area contributed by atoms with E-state index in [0.717, 1.165) is 47.7 Å². The summed E-state index contributed by atoms with van der Waals surface area (Å²) in [5.74, 6) is 0.714. The van der Waals surface area contributed by atoms with Gasteiger partial charge in [0.15, 0.2) is 0 Å². The number of carbonyl (C=O) groups is 1. The van der Waals surface area contributed by atoms with Gasteiger partial charge in [0, 0.05) is 35.3 Å². The number of nitrogens with zero attached hydrogens (tertiary/aromatic N) is 3. The normalized spacial score (nSPS) is 28.0. The van der Waals surface area contributed by atoms with Gasteiger partial charge in [-0.15, -0.1) is 0 Å². The smallest absolute Gasteiger partial charge is 0.229 e. The zero-order valence-electron chi connectivity index (χ0n) is 15.9. The van der Waals surface area contributed by atoms with Crippen molar-refractivity contribution in [2.24, 2.45) is 11.3 Å². The van der Waals surface area contributed by atoms with E-state index in [4.69, 9.17) is 0 Å². The van der Waals surface area contributed by atoms with E-state index in [-0.39, 0.29) is 28.6 Å². The topological polar surface area (TPSA) is 78.7 Å². The number of hydrogen-bond acceptors (Lipinski definition) is 4. The van der Waals surface area contributed by atoms with Gasteiger partial charge in [-0.2, -0.15) is 5.26 Å². The van der Waals surface area contributed by atoms with Crippen LogP contribution in [0.1, 0.15) is 42.9 Å². The Kier molecular flexibility index (Phi) is 3.24. The second-order valence-corrected chi connectivity index (χ2v) is 8.80. The summed E-state index contributed by atoms with van der Waals surface area (Å²) in [6.45, 7) is 0. The Morgan fingerprint density at radius 2 is 2.03 bits per heavy atom. The Labute approximate surface area is 168 Å². The quantitative estimate of drug-likeness (QED) is 0.731. The maximum absolute atomic E-state index is 12.6. The molecule has 1 amide bonds. The molecule has 29 heavy (non-hydrogen) atoms. The lowest BCUT2D eigenvalue weighted by molar-refractivity contribution is -0.117. The number of carbonyl (C=O) groups excluding carboxylic acids is 1. The van der Waals surface area contributed by atoms with E-state index >= 15 is 0 Å². The van der Waals surface area contributed by atoms with Gasteiger partial charge in [-0.3, -0.25) is 9.78 Å². The number of fused-ring (bicyclic) bond motifs is 1. The van der Waals surface area contributed by atoms with Crippen LogP contribution in [0.5, 0.6) is 0 Å². The van der Waals surface area contributed by atoms with Gasteiger partial charge < -0.3 is 5.32 Å². The average Bonchev–Trinajstić information content (AvgIpc) is 3.66. The van der Waals surface area contributed by atoms with Crippen molar-refractivity contribution in [3.63, 3.8) is 0 Å². The maximum Gasteiger partial charge on any atom is 0.229 e. The van der Waals surface area contributed by atoms with E-state index < -0.39 is 0 Å². The van der Waals surface area contributed by atoms with E-state index in [1.54, 1.807) is 12.4 Å². The van der Waals surface area contributed by atoms with Crippen molar-refractivity contribution in [2.75, 3.05) is 5.32 Å². The summed E-state index contributed by atoms with van der Waals surface area (Å²) in [5, 5.41) is 14.8. The van der Waals surface area contributed by atoms with Gasteiger partial charge in [0.2, 0.25) is 5.91 Å². The molecule has 5 heteroatoms. The lowest BCUT2D eigenvalue weighted by atomic mass is 9.92. The molecule has 2 aromatic heterocycles. The average molecular weight is 380 g/mol. The number of benzene rings is 1. The summed E-state index contributed by atoms with van der Waals surface area (Å²) in [7, 11) is 0. The molecule has 0 bridgehead atoms. The number of anilines is 1. The predicted octanol–water partition coefficient (Wildman–Crippen LogP) is 4.32. The van der Waals surface area contributed by atoms with Gasteiger partial charge >= 0.3 is 0 Å². The summed E-state index contributed by atoms with van der Waals surface area (Å²) in [5.41, 5.74) is 2.01. The lowest BCUT2D eigenvalue weighted by Gasteiger charge is -2.11. The van der Waals surface area contributed by atoms with Crippen LogP contribution in [0.3, 0.4) is 0 Å². The summed E-state index contributed by atoms with van der Waals surface area (Å²) in [4.78, 5) is 21.4. The summed E-state index contributed by atoms with van der Waals surface area (Å²) in [6, 6.07) is 16.5. The molecule has 3 fully saturated rings. The van der Waals surface area contributed by atoms with Crippen LogP contribution in [-0.4, -0.2) is 15.9 Å². The highest BCUT2D eigenvalue weighted by atomic mass is 16.2. The third-order valence-corrected chi connectivity index (χ3v) is 7.09. The van der Waals surface area contributed by atoms with Gasteiger partial charge in [-0.25, -0.2) is 4.98 Å². The molecule has 2 heterocycles. The molecule has 3 aliphatic carbocycles. The second kappa shape index (κ2) is 5.64. The third kappa shape index (κ3) is 2.49. The fourth-order valence-electron chi connectivity index (χ4n) is 4.95. The molecule has 0 aliphatic heterocycles. The van der Waals surface area contributed by atoms with Crippen LogP contribution in [-0.2, 0) is 10.2 Å². The monoisotopic (exact) mass is 380 g/mol. The van der Waals surface area contributed by atoms with Crippen LogP contribution in [0.25, 0.3) is 10.8 Å². The van der Waals surface area contributed by atoms with Crippen molar-refractivity contribution in [1.29, 1.82) is 5.26 Å². The molecular weight excluding hydrogens is 360 g/mol. The first-order valence-corrected chi connectivity index (χ1v) is 10.2. The minimum atomic E-state index is -0.308. The summed E-state index contributed by atoms with van der Waals surface area (Å²) in [6.07, 6.45) is 7.69. The van der Waals surface area contributed by atoms with Gasteiger partial charge in [-0.05, 0) is 66.3 Å². The molecule has 3 aliphatic rings. The highest BCUT2D eigenvalue weighted by Crippen LogP contribution is 2.78. The molecular formula is C24H20N4O. The molecule has 3 saturated carbocycles. The Hall–Kier alpha value is -3.26. The Morgan fingerprint density at radius 3 is 2.76 bits per heavy atom. The first-order valence-electron chi connectivity index (χ1n) is 10.2. The zero-order valence-corrected chi connectivity index (χ0v) is 15.9. The van der Waals surface area contributed by atoms with Crippen molar-refractivity contribution in [1.82, 2.24) is 9.97 Å². The minimum Gasteiger partial charge on any atom is -0.310 e. The van der Waals surface area contributed by atoms with Crippen LogP contribution < -0.4 is 5.32 Å². The number of nitrogens with one attached hydrogen (secondary N) is 1. The molecule has 0 radical (unpaired) electrons.